The summed E-state index contributed by atoms with van der Waals surface area (Å²) in [7, 11) is 0. The van der Waals surface area contributed by atoms with Crippen LogP contribution in [0, 0.1) is 10.1 Å². The Morgan fingerprint density at radius 3 is 2.22 bits per heavy atom. The summed E-state index contributed by atoms with van der Waals surface area (Å²) in [5, 5.41) is 13.3. The first-order valence-electron chi connectivity index (χ1n) is 6.46. The number of rotatable bonds is 3. The van der Waals surface area contributed by atoms with Crippen LogP contribution in [0.4, 0.5) is 5.69 Å². The van der Waals surface area contributed by atoms with E-state index in [4.69, 9.17) is 16.3 Å². The minimum atomic E-state index is -0.461. The summed E-state index contributed by atoms with van der Waals surface area (Å²) < 4.78 is 6.94. The average molecular weight is 458 g/mol. The lowest BCUT2D eigenvalue weighted by Crippen LogP contribution is -1.92. The first-order valence-corrected chi connectivity index (χ1v) is 8.42. The predicted molar refractivity (Wildman–Crippen MR) is 97.5 cm³/mol. The van der Waals surface area contributed by atoms with Crippen LogP contribution in [-0.2, 0) is 0 Å². The third-order valence-corrected chi connectivity index (χ3v) is 4.74. The van der Waals surface area contributed by atoms with Gasteiger partial charge in [-0.15, -0.1) is 0 Å². The van der Waals surface area contributed by atoms with Crippen molar-refractivity contribution in [2.45, 2.75) is 0 Å². The zero-order valence-electron chi connectivity index (χ0n) is 11.4. The topological polar surface area (TPSA) is 52.4 Å². The summed E-state index contributed by atoms with van der Waals surface area (Å²) in [6, 6.07) is 13.9. The maximum atomic E-state index is 10.9. The molecule has 0 saturated heterocycles. The zero-order chi connectivity index (χ0) is 16.6. The van der Waals surface area contributed by atoms with Gasteiger partial charge < -0.3 is 4.74 Å². The first-order chi connectivity index (χ1) is 11.0. The lowest BCUT2D eigenvalue weighted by molar-refractivity contribution is -0.385. The summed E-state index contributed by atoms with van der Waals surface area (Å²) in [6.07, 6.45) is 0. The van der Waals surface area contributed by atoms with E-state index in [0.717, 1.165) is 10.8 Å². The lowest BCUT2D eigenvalue weighted by Gasteiger charge is -2.12. The van der Waals surface area contributed by atoms with Crippen molar-refractivity contribution < 1.29 is 9.66 Å². The monoisotopic (exact) mass is 455 g/mol. The third-order valence-electron chi connectivity index (χ3n) is 3.24. The summed E-state index contributed by atoms with van der Waals surface area (Å²) >= 11 is 12.8. The van der Waals surface area contributed by atoms with E-state index in [-0.39, 0.29) is 5.69 Å². The molecular formula is C16H8Br2ClNO3. The van der Waals surface area contributed by atoms with E-state index in [9.17, 15) is 10.1 Å². The fourth-order valence-corrected chi connectivity index (χ4v) is 3.73. The van der Waals surface area contributed by atoms with Gasteiger partial charge in [-0.25, -0.2) is 0 Å². The lowest BCUT2D eigenvalue weighted by atomic mass is 10.1. The molecule has 116 valence electrons. The molecule has 0 unspecified atom stereocenters. The molecule has 7 heteroatoms. The fraction of sp³-hybridized carbons (Fsp3) is 0. The molecule has 0 aliphatic heterocycles. The van der Waals surface area contributed by atoms with Gasteiger partial charge in [-0.05, 0) is 44.0 Å². The molecule has 0 saturated carbocycles. The van der Waals surface area contributed by atoms with E-state index < -0.39 is 4.92 Å². The number of ether oxygens (including phenoxy) is 1. The molecule has 3 aromatic carbocycles. The first kappa shape index (κ1) is 16.2. The maximum absolute atomic E-state index is 10.9. The molecule has 0 N–H and O–H groups in total. The Bertz CT molecular complexity index is 907. The van der Waals surface area contributed by atoms with Crippen molar-refractivity contribution >= 4 is 59.9 Å². The molecule has 0 bridgehead atoms. The molecule has 0 heterocycles. The molecule has 0 aliphatic rings. The second kappa shape index (κ2) is 6.47. The molecule has 0 amide bonds. The van der Waals surface area contributed by atoms with Gasteiger partial charge in [0.1, 0.15) is 5.75 Å². The van der Waals surface area contributed by atoms with Gasteiger partial charge in [0, 0.05) is 27.9 Å². The molecule has 0 fully saturated rings. The van der Waals surface area contributed by atoms with Crippen molar-refractivity contribution in [1.29, 1.82) is 0 Å². The number of nitro benzene ring substituents is 1. The minimum absolute atomic E-state index is 0.0305. The van der Waals surface area contributed by atoms with E-state index in [1.165, 1.54) is 12.1 Å². The van der Waals surface area contributed by atoms with Crippen LogP contribution in [-0.4, -0.2) is 4.92 Å². The Hall–Kier alpha value is -1.63. The van der Waals surface area contributed by atoms with Gasteiger partial charge in [0.05, 0.1) is 13.9 Å². The summed E-state index contributed by atoms with van der Waals surface area (Å²) in [4.78, 5) is 10.4. The van der Waals surface area contributed by atoms with Crippen LogP contribution in [0.15, 0.2) is 57.5 Å². The van der Waals surface area contributed by atoms with E-state index in [2.05, 4.69) is 31.9 Å². The van der Waals surface area contributed by atoms with Gasteiger partial charge >= 0.3 is 0 Å². The quantitative estimate of drug-likeness (QED) is 0.324. The van der Waals surface area contributed by atoms with E-state index >= 15 is 0 Å². The average Bonchev–Trinajstić information content (AvgIpc) is 2.53. The highest BCUT2D eigenvalue weighted by Gasteiger charge is 2.17. The smallest absolute Gasteiger partial charge is 0.271 e. The normalized spacial score (nSPS) is 10.7. The minimum Gasteiger partial charge on any atom is -0.454 e. The SMILES string of the molecule is O=[N+]([O-])c1cc(Br)c(Oc2ccc(Cl)c3ccccc23)c(Br)c1. The summed E-state index contributed by atoms with van der Waals surface area (Å²) in [5.74, 6) is 1.07. The molecule has 3 aromatic rings. The van der Waals surface area contributed by atoms with E-state index in [1.807, 2.05) is 24.3 Å². The van der Waals surface area contributed by atoms with Gasteiger partial charge in [-0.2, -0.15) is 0 Å². The van der Waals surface area contributed by atoms with Crippen LogP contribution in [0.2, 0.25) is 5.02 Å². The molecule has 0 aliphatic carbocycles. The Balaban J connectivity index is 2.10. The Morgan fingerprint density at radius 1 is 1.00 bits per heavy atom. The van der Waals surface area contributed by atoms with Crippen molar-refractivity contribution in [1.82, 2.24) is 0 Å². The van der Waals surface area contributed by atoms with Crippen LogP contribution in [0.1, 0.15) is 0 Å². The number of fused-ring (bicyclic) bond motifs is 1. The summed E-state index contributed by atoms with van der Waals surface area (Å²) in [5.41, 5.74) is -0.0305. The zero-order valence-corrected chi connectivity index (χ0v) is 15.4. The van der Waals surface area contributed by atoms with Gasteiger partial charge in [0.2, 0.25) is 0 Å². The highest BCUT2D eigenvalue weighted by atomic mass is 79.9. The molecule has 0 radical (unpaired) electrons. The van der Waals surface area contributed by atoms with Crippen LogP contribution in [0.5, 0.6) is 11.5 Å². The van der Waals surface area contributed by atoms with Gasteiger partial charge in [0.15, 0.2) is 5.75 Å². The van der Waals surface area contributed by atoms with Crippen LogP contribution >= 0.6 is 43.5 Å². The number of hydrogen-bond donors (Lipinski definition) is 0. The van der Waals surface area contributed by atoms with Crippen molar-refractivity contribution in [2.75, 3.05) is 0 Å². The number of hydrogen-bond acceptors (Lipinski definition) is 3. The molecule has 4 nitrogen and oxygen atoms in total. The van der Waals surface area contributed by atoms with Crippen molar-refractivity contribution in [3.8, 4) is 11.5 Å². The second-order valence-electron chi connectivity index (χ2n) is 4.69. The Kier molecular flexibility index (Phi) is 4.57. The number of benzene rings is 3. The third kappa shape index (κ3) is 3.20. The number of non-ortho nitro benzene ring substituents is 1. The molecule has 0 spiro atoms. The Labute approximate surface area is 153 Å². The summed E-state index contributed by atoms with van der Waals surface area (Å²) in [6.45, 7) is 0. The van der Waals surface area contributed by atoms with Crippen LogP contribution in [0.25, 0.3) is 10.8 Å². The number of nitrogens with zero attached hydrogens (tertiary/aromatic N) is 1. The Morgan fingerprint density at radius 2 is 1.61 bits per heavy atom. The van der Waals surface area contributed by atoms with Crippen molar-refractivity contribution in [3.05, 3.63) is 72.6 Å². The van der Waals surface area contributed by atoms with Gasteiger partial charge in [-0.1, -0.05) is 35.9 Å². The molecule has 0 aromatic heterocycles. The molecular weight excluding hydrogens is 449 g/mol. The largest absolute Gasteiger partial charge is 0.454 e. The predicted octanol–water partition coefficient (Wildman–Crippen LogP) is 6.72. The standard InChI is InChI=1S/C16H8Br2ClNO3/c17-12-7-9(20(21)22)8-13(18)16(12)23-15-6-5-14(19)10-3-1-2-4-11(10)15/h1-8H. The molecule has 0 atom stereocenters. The highest BCUT2D eigenvalue weighted by Crippen LogP contribution is 2.42. The van der Waals surface area contributed by atoms with Gasteiger partial charge in [0.25, 0.3) is 5.69 Å². The highest BCUT2D eigenvalue weighted by molar-refractivity contribution is 9.11. The van der Waals surface area contributed by atoms with Gasteiger partial charge in [-0.3, -0.25) is 10.1 Å². The van der Waals surface area contributed by atoms with Crippen molar-refractivity contribution in [2.24, 2.45) is 0 Å². The fourth-order valence-electron chi connectivity index (χ4n) is 2.18. The second-order valence-corrected chi connectivity index (χ2v) is 6.80. The van der Waals surface area contributed by atoms with E-state index in [0.29, 0.717) is 25.5 Å². The maximum Gasteiger partial charge on any atom is 0.271 e. The molecule has 3 rings (SSSR count). The van der Waals surface area contributed by atoms with Crippen LogP contribution in [0.3, 0.4) is 0 Å². The van der Waals surface area contributed by atoms with Crippen molar-refractivity contribution in [3.63, 3.8) is 0 Å². The van der Waals surface area contributed by atoms with E-state index in [1.54, 1.807) is 12.1 Å². The number of nitro groups is 1. The van der Waals surface area contributed by atoms with Crippen LogP contribution < -0.4 is 4.74 Å². The number of halogens is 3. The molecule has 23 heavy (non-hydrogen) atoms.